The summed E-state index contributed by atoms with van der Waals surface area (Å²) in [5.74, 6) is -5.67. The summed E-state index contributed by atoms with van der Waals surface area (Å²) in [5.41, 5.74) is -4.56. The van der Waals surface area contributed by atoms with Gasteiger partial charge in [0.25, 0.3) is 10.1 Å². The van der Waals surface area contributed by atoms with Crippen molar-refractivity contribution >= 4 is 98.7 Å². The van der Waals surface area contributed by atoms with Gasteiger partial charge in [0.1, 0.15) is 33.5 Å². The van der Waals surface area contributed by atoms with Gasteiger partial charge < -0.3 is 24.8 Å². The van der Waals surface area contributed by atoms with E-state index in [1.165, 1.54) is 7.11 Å². The molecular weight excluding hydrogens is 1000 g/mol. The van der Waals surface area contributed by atoms with Crippen LogP contribution in [0.1, 0.15) is 0 Å². The second kappa shape index (κ2) is 22.8. The lowest BCUT2D eigenvalue weighted by molar-refractivity contribution is -0.434. The fourth-order valence-corrected chi connectivity index (χ4v) is 8.67. The molecule has 0 aromatic heterocycles. The smallest absolute Gasteiger partial charge is 0.397 e. The number of rotatable bonds is 24. The minimum Gasteiger partial charge on any atom is -0.504 e. The summed E-state index contributed by atoms with van der Waals surface area (Å²) in [6.45, 7) is -1.47. The minimum atomic E-state index is -5.06. The van der Waals surface area contributed by atoms with Crippen LogP contribution in [0.5, 0.6) is 28.7 Å². The van der Waals surface area contributed by atoms with Crippen LogP contribution in [-0.4, -0.2) is 108 Å². The summed E-state index contributed by atoms with van der Waals surface area (Å²) in [5, 5.41) is 80.2. The van der Waals surface area contributed by atoms with Gasteiger partial charge in [-0.1, -0.05) is 10.1 Å². The molecule has 0 atom stereocenters. The van der Waals surface area contributed by atoms with Gasteiger partial charge in [-0.25, -0.2) is 31.5 Å². The number of methoxy groups -OCH3 is 2. The van der Waals surface area contributed by atoms with Crippen LogP contribution >= 0.6 is 24.4 Å². The maximum atomic E-state index is 13.0. The normalized spacial score (nSPS) is 12.8. The van der Waals surface area contributed by atoms with E-state index in [9.17, 15) is 53.5 Å². The van der Waals surface area contributed by atoms with E-state index in [-0.39, 0.29) is 39.3 Å². The number of hydrogen-bond donors (Lipinski definition) is 7. The lowest BCUT2D eigenvalue weighted by Gasteiger charge is -2.11. The molecule has 7 N–H and O–H groups in total. The zero-order chi connectivity index (χ0) is 48.2. The Bertz CT molecular complexity index is 2920. The fourth-order valence-electron chi connectivity index (χ4n) is 4.75. The van der Waals surface area contributed by atoms with Crippen molar-refractivity contribution in [1.29, 1.82) is 0 Å². The zero-order valence-electron chi connectivity index (χ0n) is 32.3. The Kier molecular flexibility index (Phi) is 18.4. The first-order valence-electron chi connectivity index (χ1n) is 16.6. The molecule has 0 bridgehead atoms. The number of hydrogen-bond acceptors (Lipinski definition) is 29. The summed E-state index contributed by atoms with van der Waals surface area (Å²) in [6, 6.07) is 9.04. The molecule has 354 valence electrons. The minimum absolute atomic E-state index is 0.0254. The zero-order valence-corrected chi connectivity index (χ0v) is 37.2. The lowest BCUT2D eigenvalue weighted by Crippen LogP contribution is -2.15. The highest BCUT2D eigenvalue weighted by atomic mass is 32.3. The number of benzene rings is 4. The quantitative estimate of drug-likeness (QED) is 0.0104. The number of azo groups is 3. The SMILES string of the molecule is COc1ccc(S(=O)(=O)CCOSOOO)cc1/N=N/c1c(O)c(/N=N/c2cc(S(=O)(=O)CCOS(=O)(=O)O)ccc2OC)c(O)c(/N=N/c2cc(SOOO)ccc2S(=O)(=O)O)c1O. The topological polar surface area (TPSA) is 426 Å². The highest BCUT2D eigenvalue weighted by Gasteiger charge is 2.27. The van der Waals surface area contributed by atoms with Gasteiger partial charge in [0.15, 0.2) is 66.3 Å². The third-order valence-electron chi connectivity index (χ3n) is 7.63. The van der Waals surface area contributed by atoms with Crippen molar-refractivity contribution in [2.24, 2.45) is 30.7 Å². The van der Waals surface area contributed by atoms with E-state index in [0.29, 0.717) is 12.0 Å². The Morgan fingerprint density at radius 3 is 1.46 bits per heavy atom. The fraction of sp³-hybridized carbons (Fsp3) is 0.200. The maximum absolute atomic E-state index is 13.0. The van der Waals surface area contributed by atoms with E-state index in [1.807, 2.05) is 0 Å². The molecule has 4 rings (SSSR count). The molecule has 0 aliphatic heterocycles. The number of phenols is 3. The van der Waals surface area contributed by atoms with E-state index in [0.717, 1.165) is 61.7 Å². The number of phenolic OH excluding ortho intramolecular Hbond substituents is 3. The van der Waals surface area contributed by atoms with Crippen LogP contribution in [0.25, 0.3) is 0 Å². The van der Waals surface area contributed by atoms with E-state index in [1.54, 1.807) is 0 Å². The Hall–Kier alpha value is -5.22. The molecule has 0 saturated carbocycles. The van der Waals surface area contributed by atoms with Crippen LogP contribution in [0.3, 0.4) is 0 Å². The number of sulfone groups is 2. The van der Waals surface area contributed by atoms with Crippen LogP contribution in [-0.2, 0) is 67.3 Å². The maximum Gasteiger partial charge on any atom is 0.397 e. The van der Waals surface area contributed by atoms with Crippen LogP contribution in [0, 0.1) is 0 Å². The van der Waals surface area contributed by atoms with Crippen molar-refractivity contribution in [1.82, 2.24) is 0 Å². The van der Waals surface area contributed by atoms with Gasteiger partial charge in [-0.3, -0.25) is 13.3 Å². The molecule has 4 aromatic rings. The van der Waals surface area contributed by atoms with E-state index in [4.69, 9.17) is 28.7 Å². The van der Waals surface area contributed by atoms with Gasteiger partial charge in [0, 0.05) is 4.90 Å². The second-order valence-corrected chi connectivity index (χ2v) is 19.6. The summed E-state index contributed by atoms with van der Waals surface area (Å²) in [4.78, 5) is -1.81. The lowest BCUT2D eigenvalue weighted by atomic mass is 10.2. The molecule has 0 amide bonds. The molecule has 35 heteroatoms. The summed E-state index contributed by atoms with van der Waals surface area (Å²) >= 11 is 0.448. The molecule has 0 saturated heterocycles. The van der Waals surface area contributed by atoms with Gasteiger partial charge in [-0.2, -0.15) is 16.8 Å². The van der Waals surface area contributed by atoms with E-state index >= 15 is 0 Å². The molecular formula is C30H30N6O23S6. The van der Waals surface area contributed by atoms with Gasteiger partial charge in [-0.05, 0) is 54.6 Å². The third-order valence-corrected chi connectivity index (χ3v) is 13.3. The predicted molar refractivity (Wildman–Crippen MR) is 217 cm³/mol. The number of ether oxygens (including phenoxy) is 2. The molecule has 29 nitrogen and oxygen atoms in total. The molecule has 0 spiro atoms. The van der Waals surface area contributed by atoms with E-state index < -0.39 is 120 Å². The number of aromatic hydroxyl groups is 3. The predicted octanol–water partition coefficient (Wildman–Crippen LogP) is 6.11. The van der Waals surface area contributed by atoms with Crippen LogP contribution in [0.2, 0.25) is 0 Å². The van der Waals surface area contributed by atoms with Crippen LogP contribution < -0.4 is 9.47 Å². The highest BCUT2D eigenvalue weighted by molar-refractivity contribution is 7.94. The molecule has 4 aromatic carbocycles. The van der Waals surface area contributed by atoms with Gasteiger partial charge in [-0.15, -0.1) is 39.4 Å². The van der Waals surface area contributed by atoms with E-state index in [2.05, 4.69) is 53.6 Å². The molecule has 0 radical (unpaired) electrons. The average molecular weight is 1030 g/mol. The van der Waals surface area contributed by atoms with Crippen LogP contribution in [0.15, 0.2) is 105 Å². The van der Waals surface area contributed by atoms with Crippen molar-refractivity contribution in [3.05, 3.63) is 54.6 Å². The molecule has 0 unspecified atom stereocenters. The van der Waals surface area contributed by atoms with Crippen molar-refractivity contribution in [3.8, 4) is 28.7 Å². The first-order valence-corrected chi connectivity index (χ1v) is 24.1. The monoisotopic (exact) mass is 1030 g/mol. The Labute approximate surface area is 374 Å². The highest BCUT2D eigenvalue weighted by Crippen LogP contribution is 2.57. The molecule has 0 aliphatic rings. The Morgan fingerprint density at radius 1 is 0.569 bits per heavy atom. The Balaban J connectivity index is 1.93. The van der Waals surface area contributed by atoms with Crippen LogP contribution in [0.4, 0.5) is 34.1 Å². The van der Waals surface area contributed by atoms with Gasteiger partial charge in [0.05, 0.1) is 60.8 Å². The molecule has 0 aliphatic carbocycles. The first kappa shape index (κ1) is 52.4. The van der Waals surface area contributed by atoms with Crippen molar-refractivity contribution in [3.63, 3.8) is 0 Å². The van der Waals surface area contributed by atoms with Gasteiger partial charge >= 0.3 is 10.4 Å². The first-order chi connectivity index (χ1) is 30.6. The summed E-state index contributed by atoms with van der Waals surface area (Å²) in [7, 11) is -16.3. The van der Waals surface area contributed by atoms with Crippen molar-refractivity contribution in [2.75, 3.05) is 38.9 Å². The van der Waals surface area contributed by atoms with Gasteiger partial charge in [0.2, 0.25) is 0 Å². The Morgan fingerprint density at radius 2 is 1.03 bits per heavy atom. The molecule has 0 heterocycles. The van der Waals surface area contributed by atoms with Crippen molar-refractivity contribution in [2.45, 2.75) is 19.6 Å². The molecule has 0 fully saturated rings. The number of nitrogens with zero attached hydrogens (tertiary/aromatic N) is 6. The largest absolute Gasteiger partial charge is 0.504 e. The summed E-state index contributed by atoms with van der Waals surface area (Å²) in [6.07, 6.45) is 0. The van der Waals surface area contributed by atoms with Crippen molar-refractivity contribution < 1.29 is 105 Å². The standard InChI is InChI=1S/C30H30N6O23S6/c1-52-22-6-4-17(62(42,43)11-9-54-61-59-57-41)14-19(22)31-34-25-28(37)26(35-32-20-15-18(5-7-23(20)53-2)63(44,45)12-10-55-65(49,50)51)30(39)27(29(25)38)36-33-21-13-16(60-58-56-40)3-8-24(21)64(46,47)48/h3-8,13-15,37-41H,9-12H2,1-2H3,(H,46,47,48)(H,49,50,51)/b34-31+,35-32+,36-33+. The second-order valence-electron chi connectivity index (χ2n) is 11.6. The average Bonchev–Trinajstić information content (AvgIpc) is 3.24. The molecule has 65 heavy (non-hydrogen) atoms. The third kappa shape index (κ3) is 14.4. The summed E-state index contributed by atoms with van der Waals surface area (Å²) < 4.78 is 144.